The van der Waals surface area contributed by atoms with Crippen molar-refractivity contribution in [2.75, 3.05) is 19.0 Å². The number of hydrogen-bond donors (Lipinski definition) is 2. The molecule has 1 amide bonds. The number of methoxy groups -OCH3 is 1. The highest BCUT2D eigenvalue weighted by molar-refractivity contribution is 7.89. The summed E-state index contributed by atoms with van der Waals surface area (Å²) in [7, 11) is -2.39. The van der Waals surface area contributed by atoms with Crippen molar-refractivity contribution in [3.05, 3.63) is 47.5 Å². The predicted octanol–water partition coefficient (Wildman–Crippen LogP) is 3.05. The fourth-order valence-electron chi connectivity index (χ4n) is 2.26. The Hall–Kier alpha value is -2.29. The third-order valence-corrected chi connectivity index (χ3v) is 5.34. The number of halogens is 1. The summed E-state index contributed by atoms with van der Waals surface area (Å²) in [6, 6.07) is 9.70. The molecule has 0 aliphatic carbocycles. The lowest BCUT2D eigenvalue weighted by Crippen LogP contribution is -2.41. The highest BCUT2D eigenvalue weighted by Crippen LogP contribution is 2.30. The number of sulfonamides is 1. The van der Waals surface area contributed by atoms with Gasteiger partial charge in [0.05, 0.1) is 24.7 Å². The highest BCUT2D eigenvalue weighted by Gasteiger charge is 2.22. The van der Waals surface area contributed by atoms with Gasteiger partial charge in [-0.25, -0.2) is 8.42 Å². The van der Waals surface area contributed by atoms with Gasteiger partial charge in [0, 0.05) is 16.8 Å². The van der Waals surface area contributed by atoms with Gasteiger partial charge in [-0.1, -0.05) is 17.7 Å². The molecule has 0 unspecified atom stereocenters. The average Bonchev–Trinajstić information content (AvgIpc) is 2.62. The first-order valence-electron chi connectivity index (χ1n) is 8.16. The number of anilines is 1. The Morgan fingerprint density at radius 2 is 1.93 bits per heavy atom. The number of carbonyl (C=O) groups is 1. The van der Waals surface area contributed by atoms with E-state index in [0.29, 0.717) is 23.8 Å². The van der Waals surface area contributed by atoms with Crippen LogP contribution in [0.1, 0.15) is 13.8 Å². The van der Waals surface area contributed by atoms with E-state index in [4.69, 9.17) is 21.1 Å². The summed E-state index contributed by atoms with van der Waals surface area (Å²) in [5.74, 6) is 0.487. The molecule has 0 aliphatic heterocycles. The van der Waals surface area contributed by atoms with Gasteiger partial charge < -0.3 is 14.8 Å². The number of ether oxygens (including phenoxy) is 2. The zero-order chi connectivity index (χ0) is 20.0. The van der Waals surface area contributed by atoms with Crippen LogP contribution in [0.3, 0.4) is 0 Å². The van der Waals surface area contributed by atoms with Gasteiger partial charge in [0.1, 0.15) is 0 Å². The highest BCUT2D eigenvalue weighted by atomic mass is 35.5. The van der Waals surface area contributed by atoms with Crippen molar-refractivity contribution in [3.63, 3.8) is 0 Å². The molecule has 0 bridgehead atoms. The summed E-state index contributed by atoms with van der Waals surface area (Å²) in [5.41, 5.74) is 0.453. The van der Waals surface area contributed by atoms with E-state index in [1.807, 2.05) is 6.92 Å². The summed E-state index contributed by atoms with van der Waals surface area (Å²) in [6.07, 6.45) is 0. The molecule has 0 aliphatic rings. The Morgan fingerprint density at radius 3 is 2.56 bits per heavy atom. The van der Waals surface area contributed by atoms with E-state index in [1.54, 1.807) is 24.3 Å². The van der Waals surface area contributed by atoms with Crippen LogP contribution < -0.4 is 19.5 Å². The topological polar surface area (TPSA) is 93.7 Å². The van der Waals surface area contributed by atoms with Crippen molar-refractivity contribution in [2.45, 2.75) is 24.8 Å². The predicted molar refractivity (Wildman–Crippen MR) is 104 cm³/mol. The molecule has 2 aromatic rings. The Kier molecular flexibility index (Phi) is 7.06. The number of amides is 1. The number of benzene rings is 2. The summed E-state index contributed by atoms with van der Waals surface area (Å²) in [6.45, 7) is 3.77. The lowest BCUT2D eigenvalue weighted by Gasteiger charge is -2.16. The van der Waals surface area contributed by atoms with Crippen LogP contribution in [-0.2, 0) is 14.8 Å². The Labute approximate surface area is 163 Å². The average molecular weight is 413 g/mol. The molecule has 0 fully saturated rings. The van der Waals surface area contributed by atoms with Crippen molar-refractivity contribution in [3.8, 4) is 11.5 Å². The Morgan fingerprint density at radius 1 is 1.19 bits per heavy atom. The van der Waals surface area contributed by atoms with Gasteiger partial charge in [-0.3, -0.25) is 4.79 Å². The van der Waals surface area contributed by atoms with Gasteiger partial charge in [-0.15, -0.1) is 0 Å². The van der Waals surface area contributed by atoms with Gasteiger partial charge in [0.2, 0.25) is 15.9 Å². The van der Waals surface area contributed by atoms with Crippen LogP contribution in [0.2, 0.25) is 5.02 Å². The quantitative estimate of drug-likeness (QED) is 0.695. The number of nitrogens with one attached hydrogen (secondary N) is 2. The first-order chi connectivity index (χ1) is 12.8. The second-order valence-corrected chi connectivity index (χ2v) is 7.74. The van der Waals surface area contributed by atoms with Crippen LogP contribution in [0.25, 0.3) is 0 Å². The minimum Gasteiger partial charge on any atom is -0.493 e. The smallest absolute Gasteiger partial charge is 0.242 e. The van der Waals surface area contributed by atoms with Crippen LogP contribution in [0, 0.1) is 0 Å². The molecule has 0 saturated heterocycles. The second-order valence-electron chi connectivity index (χ2n) is 5.59. The second kappa shape index (κ2) is 9.07. The lowest BCUT2D eigenvalue weighted by atomic mass is 10.2. The van der Waals surface area contributed by atoms with E-state index in [0.717, 1.165) is 0 Å². The van der Waals surface area contributed by atoms with E-state index >= 15 is 0 Å². The SMILES string of the molecule is CCOc1ccc(NC(=O)[C@H](C)NS(=O)(=O)c2cccc(Cl)c2)cc1OC. The zero-order valence-electron chi connectivity index (χ0n) is 15.2. The summed E-state index contributed by atoms with van der Waals surface area (Å²) >= 11 is 5.83. The molecular formula is C18H21ClN2O5S. The minimum atomic E-state index is -3.89. The van der Waals surface area contributed by atoms with Gasteiger partial charge in [-0.05, 0) is 44.2 Å². The van der Waals surface area contributed by atoms with Crippen molar-refractivity contribution < 1.29 is 22.7 Å². The third-order valence-electron chi connectivity index (χ3n) is 3.56. The van der Waals surface area contributed by atoms with E-state index in [2.05, 4.69) is 10.0 Å². The maximum absolute atomic E-state index is 12.4. The largest absolute Gasteiger partial charge is 0.493 e. The van der Waals surface area contributed by atoms with Gasteiger partial charge in [0.15, 0.2) is 11.5 Å². The molecule has 146 valence electrons. The standard InChI is InChI=1S/C18H21ClN2O5S/c1-4-26-16-9-8-14(11-17(16)25-3)20-18(22)12(2)21-27(23,24)15-7-5-6-13(19)10-15/h5-12,21H,4H2,1-3H3,(H,20,22)/t12-/m0/s1. The number of carbonyl (C=O) groups excluding carboxylic acids is 1. The van der Waals surface area contributed by atoms with Crippen LogP contribution in [0.4, 0.5) is 5.69 Å². The van der Waals surface area contributed by atoms with Crippen LogP contribution in [0.5, 0.6) is 11.5 Å². The molecule has 0 aromatic heterocycles. The molecule has 0 radical (unpaired) electrons. The number of rotatable bonds is 8. The van der Waals surface area contributed by atoms with Gasteiger partial charge in [0.25, 0.3) is 0 Å². The molecule has 0 saturated carbocycles. The van der Waals surface area contributed by atoms with Crippen LogP contribution in [-0.4, -0.2) is 34.1 Å². The summed E-state index contributed by atoms with van der Waals surface area (Å²) in [5, 5.41) is 2.93. The molecule has 1 atom stereocenters. The van der Waals surface area contributed by atoms with E-state index in [1.165, 1.54) is 32.2 Å². The fourth-order valence-corrected chi connectivity index (χ4v) is 3.76. The zero-order valence-corrected chi connectivity index (χ0v) is 16.7. The number of hydrogen-bond acceptors (Lipinski definition) is 5. The summed E-state index contributed by atoms with van der Waals surface area (Å²) in [4.78, 5) is 12.3. The molecule has 9 heteroatoms. The first kappa shape index (κ1) is 21.0. The van der Waals surface area contributed by atoms with E-state index in [-0.39, 0.29) is 9.92 Å². The van der Waals surface area contributed by atoms with Crippen LogP contribution >= 0.6 is 11.6 Å². The molecule has 2 rings (SSSR count). The maximum atomic E-state index is 12.4. The molecule has 2 N–H and O–H groups in total. The molecule has 27 heavy (non-hydrogen) atoms. The normalized spacial score (nSPS) is 12.3. The lowest BCUT2D eigenvalue weighted by molar-refractivity contribution is -0.117. The third kappa shape index (κ3) is 5.59. The first-order valence-corrected chi connectivity index (χ1v) is 10.0. The van der Waals surface area contributed by atoms with Gasteiger partial charge in [-0.2, -0.15) is 4.72 Å². The van der Waals surface area contributed by atoms with Crippen molar-refractivity contribution in [1.29, 1.82) is 0 Å². The molecule has 0 spiro atoms. The maximum Gasteiger partial charge on any atom is 0.242 e. The molecule has 0 heterocycles. The monoisotopic (exact) mass is 412 g/mol. The Balaban J connectivity index is 2.09. The molecule has 2 aromatic carbocycles. The molecule has 7 nitrogen and oxygen atoms in total. The van der Waals surface area contributed by atoms with E-state index < -0.39 is 22.0 Å². The minimum absolute atomic E-state index is 0.0163. The van der Waals surface area contributed by atoms with Crippen molar-refractivity contribution in [2.24, 2.45) is 0 Å². The van der Waals surface area contributed by atoms with E-state index in [9.17, 15) is 13.2 Å². The summed E-state index contributed by atoms with van der Waals surface area (Å²) < 4.78 is 37.7. The van der Waals surface area contributed by atoms with Crippen molar-refractivity contribution in [1.82, 2.24) is 4.72 Å². The van der Waals surface area contributed by atoms with Gasteiger partial charge >= 0.3 is 0 Å². The van der Waals surface area contributed by atoms with Crippen molar-refractivity contribution >= 4 is 33.2 Å². The van der Waals surface area contributed by atoms with Crippen LogP contribution in [0.15, 0.2) is 47.4 Å². The fraction of sp³-hybridized carbons (Fsp3) is 0.278. The molecular weight excluding hydrogens is 392 g/mol. The Bertz CT molecular complexity index is 918.